The van der Waals surface area contributed by atoms with E-state index in [0.717, 1.165) is 27.7 Å². The number of rotatable bonds is 6. The summed E-state index contributed by atoms with van der Waals surface area (Å²) in [4.78, 5) is 7.10. The molecule has 38 heavy (non-hydrogen) atoms. The van der Waals surface area contributed by atoms with Crippen molar-refractivity contribution in [3.63, 3.8) is 0 Å². The van der Waals surface area contributed by atoms with Gasteiger partial charge >= 0.3 is 6.18 Å². The Hall–Kier alpha value is -1.70. The van der Waals surface area contributed by atoms with Crippen LogP contribution in [-0.2, 0) is 28.4 Å². The fourth-order valence-electron chi connectivity index (χ4n) is 4.36. The number of hydrogen-bond acceptors (Lipinski definition) is 5. The van der Waals surface area contributed by atoms with Crippen molar-refractivity contribution in [1.82, 2.24) is 14.6 Å². The molecule has 1 unspecified atom stereocenters. The molecular formula is C27H36F3IN4O2Si. The molecular weight excluding hydrogens is 624 g/mol. The average Bonchev–Trinajstić information content (AvgIpc) is 3.15. The number of ether oxygens (including phenoxy) is 1. The summed E-state index contributed by atoms with van der Waals surface area (Å²) in [5.41, 5.74) is 2.35. The van der Waals surface area contributed by atoms with Gasteiger partial charge in [0, 0.05) is 19.5 Å². The third-order valence-electron chi connectivity index (χ3n) is 7.75. The molecule has 1 saturated heterocycles. The third-order valence-corrected chi connectivity index (χ3v) is 13.0. The highest BCUT2D eigenvalue weighted by Crippen LogP contribution is 2.38. The minimum absolute atomic E-state index is 0.0107. The molecule has 0 saturated carbocycles. The van der Waals surface area contributed by atoms with Crippen LogP contribution in [0, 0.1) is 10.5 Å². The smallest absolute Gasteiger partial charge is 0.411 e. The fraction of sp³-hybridized carbons (Fsp3) is 0.556. The van der Waals surface area contributed by atoms with E-state index in [9.17, 15) is 13.2 Å². The maximum absolute atomic E-state index is 13.7. The molecule has 4 rings (SSSR count). The Bertz CT molecular complexity index is 1320. The Morgan fingerprint density at radius 1 is 1.21 bits per heavy atom. The summed E-state index contributed by atoms with van der Waals surface area (Å²) >= 11 is 2.26. The van der Waals surface area contributed by atoms with Gasteiger partial charge in [0.25, 0.3) is 0 Å². The van der Waals surface area contributed by atoms with Gasteiger partial charge in [0.15, 0.2) is 19.8 Å². The predicted octanol–water partition coefficient (Wildman–Crippen LogP) is 7.00. The Balaban J connectivity index is 1.82. The lowest BCUT2D eigenvalue weighted by atomic mass is 9.98. The summed E-state index contributed by atoms with van der Waals surface area (Å²) in [5, 5.41) is 4.97. The van der Waals surface area contributed by atoms with E-state index in [1.807, 2.05) is 13.0 Å². The van der Waals surface area contributed by atoms with Gasteiger partial charge in [-0.05, 0) is 77.8 Å². The number of alkyl halides is 3. The minimum atomic E-state index is -4.42. The van der Waals surface area contributed by atoms with Gasteiger partial charge in [-0.2, -0.15) is 13.2 Å². The molecule has 3 aromatic rings. The topological polar surface area (TPSA) is 51.9 Å². The van der Waals surface area contributed by atoms with E-state index in [1.54, 1.807) is 10.6 Å². The Morgan fingerprint density at radius 3 is 2.55 bits per heavy atom. The maximum atomic E-state index is 13.7. The molecule has 0 bridgehead atoms. The van der Waals surface area contributed by atoms with Gasteiger partial charge in [-0.1, -0.05) is 32.9 Å². The first-order valence-electron chi connectivity index (χ1n) is 12.8. The van der Waals surface area contributed by atoms with Crippen LogP contribution < -0.4 is 4.90 Å². The number of halogens is 4. The number of fused-ring (bicyclic) bond motifs is 1. The Labute approximate surface area is 237 Å². The number of anilines is 1. The van der Waals surface area contributed by atoms with Gasteiger partial charge in [0.1, 0.15) is 0 Å². The highest BCUT2D eigenvalue weighted by Gasteiger charge is 2.38. The first kappa shape index (κ1) is 29.3. The molecule has 1 aromatic carbocycles. The second-order valence-electron chi connectivity index (χ2n) is 11.5. The highest BCUT2D eigenvalue weighted by molar-refractivity contribution is 14.1. The second-order valence-corrected chi connectivity index (χ2v) is 17.5. The molecule has 0 radical (unpaired) electrons. The van der Waals surface area contributed by atoms with Crippen molar-refractivity contribution in [1.29, 1.82) is 0 Å². The van der Waals surface area contributed by atoms with Gasteiger partial charge in [0.2, 0.25) is 0 Å². The van der Waals surface area contributed by atoms with Crippen LogP contribution >= 0.6 is 22.6 Å². The van der Waals surface area contributed by atoms with Crippen LogP contribution in [0.4, 0.5) is 19.0 Å². The second kappa shape index (κ2) is 10.7. The number of aromatic nitrogens is 3. The van der Waals surface area contributed by atoms with Crippen molar-refractivity contribution in [2.45, 2.75) is 78.1 Å². The molecule has 1 atom stereocenters. The van der Waals surface area contributed by atoms with Crippen molar-refractivity contribution in [2.24, 2.45) is 0 Å². The average molecular weight is 661 g/mol. The number of hydrogen-bond donors (Lipinski definition) is 0. The molecule has 0 spiro atoms. The van der Waals surface area contributed by atoms with Crippen LogP contribution in [0.25, 0.3) is 5.65 Å². The summed E-state index contributed by atoms with van der Waals surface area (Å²) in [6.45, 7) is 16.8. The van der Waals surface area contributed by atoms with Crippen molar-refractivity contribution in [3.8, 4) is 0 Å². The predicted molar refractivity (Wildman–Crippen MR) is 154 cm³/mol. The van der Waals surface area contributed by atoms with Crippen molar-refractivity contribution >= 4 is 42.4 Å². The first-order valence-corrected chi connectivity index (χ1v) is 16.8. The van der Waals surface area contributed by atoms with Crippen molar-refractivity contribution in [2.75, 3.05) is 24.6 Å². The SMILES string of the molecule is Cc1c(Cc2c(CO[Si](C)(C)C(C)(C)C)nc3c(I)cc(N4CCOC(C)C4)nn23)cccc1C(F)(F)F. The Kier molecular flexibility index (Phi) is 8.24. The normalized spacial score (nSPS) is 17.4. The molecule has 2 aromatic heterocycles. The van der Waals surface area contributed by atoms with Gasteiger partial charge < -0.3 is 14.1 Å². The Morgan fingerprint density at radius 2 is 1.92 bits per heavy atom. The highest BCUT2D eigenvalue weighted by atomic mass is 127. The van der Waals surface area contributed by atoms with Crippen LogP contribution in [0.5, 0.6) is 0 Å². The van der Waals surface area contributed by atoms with Gasteiger partial charge in [-0.3, -0.25) is 0 Å². The third kappa shape index (κ3) is 6.05. The summed E-state index contributed by atoms with van der Waals surface area (Å²) in [6, 6.07) is 6.37. The molecule has 0 N–H and O–H groups in total. The zero-order chi connectivity index (χ0) is 28.0. The molecule has 6 nitrogen and oxygen atoms in total. The zero-order valence-electron chi connectivity index (χ0n) is 23.0. The minimum Gasteiger partial charge on any atom is -0.411 e. The summed E-state index contributed by atoms with van der Waals surface area (Å²) in [7, 11) is -2.10. The molecule has 208 valence electrons. The lowest BCUT2D eigenvalue weighted by Crippen LogP contribution is -2.41. The lowest BCUT2D eigenvalue weighted by molar-refractivity contribution is -0.138. The summed E-state index contributed by atoms with van der Waals surface area (Å²) in [6.07, 6.45) is -4.07. The number of morpholine rings is 1. The van der Waals surface area contributed by atoms with Crippen molar-refractivity contribution < 1.29 is 22.3 Å². The van der Waals surface area contributed by atoms with E-state index < -0.39 is 20.1 Å². The van der Waals surface area contributed by atoms with E-state index in [4.69, 9.17) is 19.2 Å². The maximum Gasteiger partial charge on any atom is 0.416 e. The largest absolute Gasteiger partial charge is 0.416 e. The molecule has 3 heterocycles. The summed E-state index contributed by atoms with van der Waals surface area (Å²) < 4.78 is 56.0. The van der Waals surface area contributed by atoms with E-state index in [-0.39, 0.29) is 29.7 Å². The fourth-order valence-corrected chi connectivity index (χ4v) is 5.92. The van der Waals surface area contributed by atoms with E-state index in [2.05, 4.69) is 61.4 Å². The standard InChI is InChI=1S/C27H36F3IN4O2Si/c1-17-15-34(11-12-36-17)24-14-21(31)25-32-22(16-37-38(6,7)26(3,4)5)23(35(25)33-24)13-19-9-8-10-20(18(19)2)27(28,29)30/h8-10,14,17H,11-13,15-16H2,1-7H3. The van der Waals surface area contributed by atoms with E-state index >= 15 is 0 Å². The van der Waals surface area contributed by atoms with Crippen LogP contribution in [0.3, 0.4) is 0 Å². The first-order chi connectivity index (χ1) is 17.6. The van der Waals surface area contributed by atoms with Gasteiger partial charge in [0.05, 0.1) is 39.8 Å². The van der Waals surface area contributed by atoms with E-state index in [0.29, 0.717) is 30.1 Å². The number of imidazole rings is 1. The molecule has 1 fully saturated rings. The molecule has 0 amide bonds. The zero-order valence-corrected chi connectivity index (χ0v) is 26.2. The lowest BCUT2D eigenvalue weighted by Gasteiger charge is -2.36. The van der Waals surface area contributed by atoms with Crippen molar-refractivity contribution in [3.05, 3.63) is 55.9 Å². The van der Waals surface area contributed by atoms with E-state index in [1.165, 1.54) is 13.0 Å². The van der Waals surface area contributed by atoms with Gasteiger partial charge in [-0.15, -0.1) is 5.10 Å². The van der Waals surface area contributed by atoms with Crippen LogP contribution in [0.15, 0.2) is 24.3 Å². The van der Waals surface area contributed by atoms with Crippen LogP contribution in [0.1, 0.15) is 55.8 Å². The van der Waals surface area contributed by atoms with Crippen LogP contribution in [0.2, 0.25) is 18.1 Å². The monoisotopic (exact) mass is 660 g/mol. The quantitative estimate of drug-likeness (QED) is 0.211. The molecule has 11 heteroatoms. The number of nitrogens with zero attached hydrogens (tertiary/aromatic N) is 4. The molecule has 1 aliphatic heterocycles. The molecule has 0 aliphatic carbocycles. The number of benzene rings is 1. The molecule has 1 aliphatic rings. The van der Waals surface area contributed by atoms with Crippen LogP contribution in [-0.4, -0.2) is 48.7 Å². The van der Waals surface area contributed by atoms with Gasteiger partial charge in [-0.25, -0.2) is 9.50 Å². The summed E-state index contributed by atoms with van der Waals surface area (Å²) in [5.74, 6) is 0.799.